The van der Waals surface area contributed by atoms with Crippen LogP contribution in [-0.4, -0.2) is 25.5 Å². The molecule has 5 nitrogen and oxygen atoms in total. The molecule has 1 aliphatic heterocycles. The molecule has 1 fully saturated rings. The van der Waals surface area contributed by atoms with Crippen LogP contribution in [0, 0.1) is 12.8 Å². The number of ether oxygens (including phenoxy) is 2. The van der Waals surface area contributed by atoms with Crippen molar-refractivity contribution >= 4 is 17.6 Å². The minimum absolute atomic E-state index is 0.0717. The summed E-state index contributed by atoms with van der Waals surface area (Å²) in [5.74, 6) is 0.642. The Morgan fingerprint density at radius 1 is 1.04 bits per heavy atom. The molecule has 124 valence electrons. The van der Waals surface area contributed by atoms with Gasteiger partial charge in [-0.3, -0.25) is 9.59 Å². The summed E-state index contributed by atoms with van der Waals surface area (Å²) in [7, 11) is 1.34. The third-order valence-electron chi connectivity index (χ3n) is 4.06. The lowest BCUT2D eigenvalue weighted by Gasteiger charge is -2.17. The van der Waals surface area contributed by atoms with Gasteiger partial charge in [-0.25, -0.2) is 0 Å². The first-order chi connectivity index (χ1) is 11.6. The lowest BCUT2D eigenvalue weighted by molar-refractivity contribution is -0.145. The van der Waals surface area contributed by atoms with E-state index >= 15 is 0 Å². The molecule has 2 aromatic carbocycles. The van der Waals surface area contributed by atoms with Crippen molar-refractivity contribution in [2.75, 3.05) is 18.6 Å². The van der Waals surface area contributed by atoms with Crippen LogP contribution >= 0.6 is 0 Å². The average molecular weight is 325 g/mol. The van der Waals surface area contributed by atoms with E-state index < -0.39 is 5.92 Å². The number of nitrogens with zero attached hydrogens (tertiary/aromatic N) is 1. The van der Waals surface area contributed by atoms with E-state index in [0.29, 0.717) is 12.3 Å². The number of anilines is 1. The Labute approximate surface area is 140 Å². The molecular formula is C19H19NO4. The molecule has 2 aromatic rings. The van der Waals surface area contributed by atoms with E-state index in [9.17, 15) is 9.59 Å². The molecule has 0 aliphatic carbocycles. The third kappa shape index (κ3) is 3.40. The van der Waals surface area contributed by atoms with Crippen LogP contribution in [0.15, 0.2) is 48.5 Å². The van der Waals surface area contributed by atoms with Crippen LogP contribution in [0.4, 0.5) is 5.69 Å². The number of esters is 1. The van der Waals surface area contributed by atoms with Gasteiger partial charge in [0.15, 0.2) is 0 Å². The van der Waals surface area contributed by atoms with Crippen LogP contribution in [0.3, 0.4) is 0 Å². The molecule has 0 bridgehead atoms. The number of hydrogen-bond acceptors (Lipinski definition) is 4. The summed E-state index contributed by atoms with van der Waals surface area (Å²) in [6.45, 7) is 2.37. The summed E-state index contributed by atoms with van der Waals surface area (Å²) in [6, 6.07) is 15.1. The molecule has 1 amide bonds. The normalized spacial score (nSPS) is 17.0. The zero-order valence-corrected chi connectivity index (χ0v) is 13.7. The SMILES string of the molecule is COC(=O)C1CC(=O)N(c2ccc(Oc3ccc(C)cc3)cc2)C1. The molecule has 0 N–H and O–H groups in total. The number of aryl methyl sites for hydroxylation is 1. The molecule has 1 unspecified atom stereocenters. The second-order valence-electron chi connectivity index (χ2n) is 5.84. The van der Waals surface area contributed by atoms with E-state index in [2.05, 4.69) is 0 Å². The highest BCUT2D eigenvalue weighted by atomic mass is 16.5. The van der Waals surface area contributed by atoms with Gasteiger partial charge in [0, 0.05) is 18.7 Å². The molecule has 24 heavy (non-hydrogen) atoms. The first-order valence-electron chi connectivity index (χ1n) is 7.79. The van der Waals surface area contributed by atoms with Crippen molar-refractivity contribution in [3.63, 3.8) is 0 Å². The van der Waals surface area contributed by atoms with E-state index in [1.165, 1.54) is 12.7 Å². The van der Waals surface area contributed by atoms with Crippen LogP contribution in [0.25, 0.3) is 0 Å². The van der Waals surface area contributed by atoms with Crippen LogP contribution in [-0.2, 0) is 14.3 Å². The van der Waals surface area contributed by atoms with E-state index in [-0.39, 0.29) is 18.3 Å². The van der Waals surface area contributed by atoms with E-state index in [1.54, 1.807) is 4.90 Å². The van der Waals surface area contributed by atoms with Gasteiger partial charge in [-0.1, -0.05) is 17.7 Å². The summed E-state index contributed by atoms with van der Waals surface area (Å²) < 4.78 is 10.5. The van der Waals surface area contributed by atoms with E-state index in [4.69, 9.17) is 9.47 Å². The van der Waals surface area contributed by atoms with Crippen molar-refractivity contribution in [2.45, 2.75) is 13.3 Å². The van der Waals surface area contributed by atoms with Crippen molar-refractivity contribution in [1.29, 1.82) is 0 Å². The predicted octanol–water partition coefficient (Wildman–Crippen LogP) is 3.31. The van der Waals surface area contributed by atoms with Gasteiger partial charge in [-0.15, -0.1) is 0 Å². The molecular weight excluding hydrogens is 306 g/mol. The highest BCUT2D eigenvalue weighted by molar-refractivity contribution is 5.99. The van der Waals surface area contributed by atoms with Gasteiger partial charge < -0.3 is 14.4 Å². The van der Waals surface area contributed by atoms with Gasteiger partial charge >= 0.3 is 5.97 Å². The largest absolute Gasteiger partial charge is 0.469 e. The van der Waals surface area contributed by atoms with Gasteiger partial charge in [0.05, 0.1) is 13.0 Å². The molecule has 1 atom stereocenters. The van der Waals surface area contributed by atoms with Gasteiger partial charge in [0.2, 0.25) is 5.91 Å². The van der Waals surface area contributed by atoms with Crippen molar-refractivity contribution in [2.24, 2.45) is 5.92 Å². The molecule has 3 rings (SSSR count). The summed E-state index contributed by atoms with van der Waals surface area (Å²) >= 11 is 0. The zero-order valence-electron chi connectivity index (χ0n) is 13.7. The van der Waals surface area contributed by atoms with Crippen LogP contribution in [0.1, 0.15) is 12.0 Å². The Hall–Kier alpha value is -2.82. The van der Waals surface area contributed by atoms with Crippen LogP contribution in [0.2, 0.25) is 0 Å². The maximum absolute atomic E-state index is 12.1. The molecule has 0 spiro atoms. The first-order valence-corrected chi connectivity index (χ1v) is 7.79. The van der Waals surface area contributed by atoms with Gasteiger partial charge in [0.1, 0.15) is 11.5 Å². The quantitative estimate of drug-likeness (QED) is 0.809. The summed E-state index contributed by atoms with van der Waals surface area (Å²) in [4.78, 5) is 25.3. The molecule has 0 aromatic heterocycles. The lowest BCUT2D eigenvalue weighted by atomic mass is 10.1. The molecule has 1 saturated heterocycles. The Morgan fingerprint density at radius 2 is 1.62 bits per heavy atom. The lowest BCUT2D eigenvalue weighted by Crippen LogP contribution is -2.26. The number of carbonyl (C=O) groups excluding carboxylic acids is 2. The number of rotatable bonds is 4. The standard InChI is InChI=1S/C19H19NO4/c1-13-3-7-16(8-4-13)24-17-9-5-15(6-10-17)20-12-14(11-18(20)21)19(22)23-2/h3-10,14H,11-12H2,1-2H3. The van der Waals surface area contributed by atoms with Crippen molar-refractivity contribution in [3.8, 4) is 11.5 Å². The smallest absolute Gasteiger partial charge is 0.311 e. The highest BCUT2D eigenvalue weighted by Gasteiger charge is 2.35. The fourth-order valence-electron chi connectivity index (χ4n) is 2.72. The van der Waals surface area contributed by atoms with Crippen molar-refractivity contribution in [1.82, 2.24) is 0 Å². The predicted molar refractivity (Wildman–Crippen MR) is 90.2 cm³/mol. The Kier molecular flexibility index (Phi) is 4.51. The molecule has 0 radical (unpaired) electrons. The monoisotopic (exact) mass is 325 g/mol. The highest BCUT2D eigenvalue weighted by Crippen LogP contribution is 2.29. The summed E-state index contributed by atoms with van der Waals surface area (Å²) in [5.41, 5.74) is 1.92. The molecule has 1 heterocycles. The number of methoxy groups -OCH3 is 1. The maximum atomic E-state index is 12.1. The maximum Gasteiger partial charge on any atom is 0.311 e. The number of benzene rings is 2. The summed E-state index contributed by atoms with van der Waals surface area (Å²) in [6.07, 6.45) is 0.189. The molecule has 0 saturated carbocycles. The molecule has 1 aliphatic rings. The Morgan fingerprint density at radius 3 is 2.21 bits per heavy atom. The third-order valence-corrected chi connectivity index (χ3v) is 4.06. The average Bonchev–Trinajstić information content (AvgIpc) is 2.99. The Balaban J connectivity index is 1.69. The van der Waals surface area contributed by atoms with Gasteiger partial charge in [-0.2, -0.15) is 0 Å². The fourth-order valence-corrected chi connectivity index (χ4v) is 2.72. The number of hydrogen-bond donors (Lipinski definition) is 0. The van der Waals surface area contributed by atoms with Crippen molar-refractivity contribution < 1.29 is 19.1 Å². The van der Waals surface area contributed by atoms with Gasteiger partial charge in [0.25, 0.3) is 0 Å². The first kappa shape index (κ1) is 16.1. The zero-order chi connectivity index (χ0) is 17.1. The van der Waals surface area contributed by atoms with Crippen molar-refractivity contribution in [3.05, 3.63) is 54.1 Å². The fraction of sp³-hybridized carbons (Fsp3) is 0.263. The Bertz CT molecular complexity index is 737. The second kappa shape index (κ2) is 6.74. The summed E-state index contributed by atoms with van der Waals surface area (Å²) in [5, 5.41) is 0. The number of carbonyl (C=O) groups is 2. The second-order valence-corrected chi connectivity index (χ2v) is 5.84. The van der Waals surface area contributed by atoms with Crippen LogP contribution in [0.5, 0.6) is 11.5 Å². The van der Waals surface area contributed by atoms with E-state index in [1.807, 2.05) is 55.5 Å². The minimum atomic E-state index is -0.397. The van der Waals surface area contributed by atoms with Crippen LogP contribution < -0.4 is 9.64 Å². The molecule has 5 heteroatoms. The number of amides is 1. The topological polar surface area (TPSA) is 55.8 Å². The minimum Gasteiger partial charge on any atom is -0.469 e. The van der Waals surface area contributed by atoms with Gasteiger partial charge in [-0.05, 0) is 43.3 Å². The van der Waals surface area contributed by atoms with E-state index in [0.717, 1.165) is 11.4 Å².